The number of fused-ring (bicyclic) bond motifs is 7. The van der Waals surface area contributed by atoms with Crippen molar-refractivity contribution in [3.63, 3.8) is 0 Å². The molecule has 5 nitrogen and oxygen atoms in total. The minimum absolute atomic E-state index is 0.305. The Bertz CT molecular complexity index is 1060. The van der Waals surface area contributed by atoms with E-state index in [1.54, 1.807) is 12.7 Å². The van der Waals surface area contributed by atoms with Crippen LogP contribution in [0.5, 0.6) is 0 Å². The van der Waals surface area contributed by atoms with E-state index >= 15 is 0 Å². The maximum absolute atomic E-state index is 13.8. The molecule has 33 heavy (non-hydrogen) atoms. The molecule has 0 N–H and O–H groups in total. The molecule has 6 rings (SSSR count). The van der Waals surface area contributed by atoms with Crippen molar-refractivity contribution >= 4 is 16.8 Å². The van der Waals surface area contributed by atoms with Gasteiger partial charge in [0.2, 0.25) is 5.91 Å². The summed E-state index contributed by atoms with van der Waals surface area (Å²) in [5, 5.41) is 1.20. The lowest BCUT2D eigenvalue weighted by atomic mass is 9.68. The van der Waals surface area contributed by atoms with Gasteiger partial charge in [0.1, 0.15) is 0 Å². The van der Waals surface area contributed by atoms with Gasteiger partial charge in [-0.05, 0) is 62.1 Å². The van der Waals surface area contributed by atoms with Crippen molar-refractivity contribution in [3.05, 3.63) is 47.7 Å². The molecule has 1 aliphatic carbocycles. The van der Waals surface area contributed by atoms with Crippen molar-refractivity contribution in [1.82, 2.24) is 14.4 Å². The number of benzene rings is 1. The first-order valence-electron chi connectivity index (χ1n) is 13.0. The van der Waals surface area contributed by atoms with Gasteiger partial charge < -0.3 is 14.2 Å². The predicted molar refractivity (Wildman–Crippen MR) is 131 cm³/mol. The summed E-state index contributed by atoms with van der Waals surface area (Å²) < 4.78 is 7.55. The second-order valence-electron chi connectivity index (χ2n) is 10.6. The number of hydrogen-bond acceptors (Lipinski definition) is 3. The number of carbonyl (C=O) groups excluding carboxylic acids is 1. The van der Waals surface area contributed by atoms with E-state index in [1.165, 1.54) is 56.1 Å². The van der Waals surface area contributed by atoms with Crippen LogP contribution in [-0.4, -0.2) is 65.7 Å². The minimum Gasteiger partial charge on any atom is -0.383 e. The van der Waals surface area contributed by atoms with Crippen LogP contribution in [0.2, 0.25) is 0 Å². The molecule has 2 aromatic rings. The summed E-state index contributed by atoms with van der Waals surface area (Å²) in [6, 6.07) is 9.55. The zero-order chi connectivity index (χ0) is 22.4. The van der Waals surface area contributed by atoms with Crippen molar-refractivity contribution in [3.8, 4) is 0 Å². The highest BCUT2D eigenvalue weighted by molar-refractivity contribution is 5.89. The fraction of sp³-hybridized carbons (Fsp3) is 0.607. The van der Waals surface area contributed by atoms with E-state index < -0.39 is 0 Å². The Balaban J connectivity index is 1.26. The molecule has 176 valence electrons. The Morgan fingerprint density at radius 3 is 2.97 bits per heavy atom. The van der Waals surface area contributed by atoms with Crippen LogP contribution < -0.4 is 0 Å². The number of amides is 1. The Morgan fingerprint density at radius 1 is 1.15 bits per heavy atom. The summed E-state index contributed by atoms with van der Waals surface area (Å²) >= 11 is 0. The molecule has 4 heterocycles. The van der Waals surface area contributed by atoms with Crippen molar-refractivity contribution in [2.24, 2.45) is 11.8 Å². The molecule has 5 heteroatoms. The summed E-state index contributed by atoms with van der Waals surface area (Å²) in [5.41, 5.74) is 3.92. The standard InChI is InChI=1S/C28H37N3O2/c1-33-14-13-30-18-22(24-8-2-3-10-26(24)30)17-27(32)31-12-6-7-20-15-21-16-23(28(20)31)19-29-11-5-4-9-25(21)29/h2-3,8,10,15,18,21,23,25,28H,4-7,9,11-14,16-17,19H2,1H3/t21-,23-,25-,28+/m0/s1. The maximum Gasteiger partial charge on any atom is 0.227 e. The number of nitrogens with zero attached hydrogens (tertiary/aromatic N) is 3. The second-order valence-corrected chi connectivity index (χ2v) is 10.6. The van der Waals surface area contributed by atoms with Crippen molar-refractivity contribution in [1.29, 1.82) is 0 Å². The predicted octanol–water partition coefficient (Wildman–Crippen LogP) is 4.25. The molecule has 4 atom stereocenters. The van der Waals surface area contributed by atoms with Crippen LogP contribution in [0.3, 0.4) is 0 Å². The topological polar surface area (TPSA) is 37.7 Å². The largest absolute Gasteiger partial charge is 0.383 e. The van der Waals surface area contributed by atoms with Crippen LogP contribution in [0, 0.1) is 11.8 Å². The highest BCUT2D eigenvalue weighted by Crippen LogP contribution is 2.45. The number of methoxy groups -OCH3 is 1. The van der Waals surface area contributed by atoms with Crippen LogP contribution in [0.1, 0.15) is 44.1 Å². The van der Waals surface area contributed by atoms with Crippen LogP contribution in [0.15, 0.2) is 42.1 Å². The third-order valence-corrected chi connectivity index (χ3v) is 8.73. The summed E-state index contributed by atoms with van der Waals surface area (Å²) in [7, 11) is 1.74. The number of carbonyl (C=O) groups is 1. The van der Waals surface area contributed by atoms with Gasteiger partial charge in [0.15, 0.2) is 0 Å². The summed E-state index contributed by atoms with van der Waals surface area (Å²) in [5.74, 6) is 1.63. The molecule has 1 aromatic carbocycles. The fourth-order valence-electron chi connectivity index (χ4n) is 7.36. The van der Waals surface area contributed by atoms with Gasteiger partial charge in [-0.2, -0.15) is 0 Å². The Hall–Kier alpha value is -2.11. The van der Waals surface area contributed by atoms with Crippen molar-refractivity contribution < 1.29 is 9.53 Å². The van der Waals surface area contributed by atoms with E-state index in [0.29, 0.717) is 36.8 Å². The zero-order valence-electron chi connectivity index (χ0n) is 19.9. The average molecular weight is 448 g/mol. The number of likely N-dealkylation sites (tertiary alicyclic amines) is 1. The zero-order valence-corrected chi connectivity index (χ0v) is 19.9. The lowest BCUT2D eigenvalue weighted by Gasteiger charge is -2.54. The molecule has 4 aliphatic rings. The monoisotopic (exact) mass is 447 g/mol. The quantitative estimate of drug-likeness (QED) is 0.643. The first-order valence-corrected chi connectivity index (χ1v) is 13.0. The van der Waals surface area contributed by atoms with Gasteiger partial charge in [-0.3, -0.25) is 9.69 Å². The van der Waals surface area contributed by atoms with E-state index in [4.69, 9.17) is 4.74 Å². The van der Waals surface area contributed by atoms with E-state index in [2.05, 4.69) is 50.9 Å². The molecular formula is C28H37N3O2. The average Bonchev–Trinajstić information content (AvgIpc) is 3.19. The second kappa shape index (κ2) is 8.92. The molecule has 3 aliphatic heterocycles. The lowest BCUT2D eigenvalue weighted by Crippen LogP contribution is -2.60. The Kier molecular flexibility index (Phi) is 5.79. The van der Waals surface area contributed by atoms with E-state index in [9.17, 15) is 4.79 Å². The van der Waals surface area contributed by atoms with Crippen LogP contribution in [-0.2, 0) is 22.5 Å². The lowest BCUT2D eigenvalue weighted by molar-refractivity contribution is -0.135. The first-order chi connectivity index (χ1) is 16.2. The molecule has 3 fully saturated rings. The highest BCUT2D eigenvalue weighted by atomic mass is 16.5. The Morgan fingerprint density at radius 2 is 2.06 bits per heavy atom. The highest BCUT2D eigenvalue weighted by Gasteiger charge is 2.46. The summed E-state index contributed by atoms with van der Waals surface area (Å²) in [4.78, 5) is 18.8. The van der Waals surface area contributed by atoms with Gasteiger partial charge >= 0.3 is 0 Å². The van der Waals surface area contributed by atoms with E-state index in [0.717, 1.165) is 31.1 Å². The molecule has 2 bridgehead atoms. The number of piperidine rings is 3. The van der Waals surface area contributed by atoms with Gasteiger partial charge in [-0.25, -0.2) is 0 Å². The van der Waals surface area contributed by atoms with Crippen molar-refractivity contribution in [2.75, 3.05) is 33.4 Å². The van der Waals surface area contributed by atoms with Gasteiger partial charge in [-0.15, -0.1) is 0 Å². The summed E-state index contributed by atoms with van der Waals surface area (Å²) in [6.07, 6.45) is 12.9. The smallest absolute Gasteiger partial charge is 0.227 e. The molecule has 0 unspecified atom stereocenters. The number of ether oxygens (including phenoxy) is 1. The molecule has 1 amide bonds. The van der Waals surface area contributed by atoms with Crippen LogP contribution >= 0.6 is 0 Å². The van der Waals surface area contributed by atoms with Crippen LogP contribution in [0.4, 0.5) is 0 Å². The molecule has 0 radical (unpaired) electrons. The molecular weight excluding hydrogens is 410 g/mol. The minimum atomic E-state index is 0.305. The third kappa shape index (κ3) is 3.83. The first kappa shape index (κ1) is 21.4. The third-order valence-electron chi connectivity index (χ3n) is 8.73. The normalized spacial score (nSPS) is 29.5. The molecule has 0 spiro atoms. The SMILES string of the molecule is COCCn1cc(CC(=O)N2CCCC3=C[C@H]4C[C@@H](CN5CCCC[C@@H]45)[C@@H]32)c2ccccc21. The summed E-state index contributed by atoms with van der Waals surface area (Å²) in [6.45, 7) is 4.83. The van der Waals surface area contributed by atoms with Crippen molar-refractivity contribution in [2.45, 2.75) is 63.6 Å². The number of hydrogen-bond donors (Lipinski definition) is 0. The maximum atomic E-state index is 13.8. The number of para-hydroxylation sites is 1. The number of rotatable bonds is 5. The van der Waals surface area contributed by atoms with E-state index in [1.807, 2.05) is 0 Å². The van der Waals surface area contributed by atoms with Gasteiger partial charge in [0, 0.05) is 49.9 Å². The molecule has 3 saturated heterocycles. The molecule has 1 aromatic heterocycles. The fourth-order valence-corrected chi connectivity index (χ4v) is 7.36. The van der Waals surface area contributed by atoms with Crippen LogP contribution in [0.25, 0.3) is 10.9 Å². The Labute approximate surface area is 197 Å². The van der Waals surface area contributed by atoms with E-state index in [-0.39, 0.29) is 0 Å². The van der Waals surface area contributed by atoms with Gasteiger partial charge in [-0.1, -0.05) is 36.3 Å². The number of aromatic nitrogens is 1. The molecule has 0 saturated carbocycles. The van der Waals surface area contributed by atoms with Gasteiger partial charge in [0.25, 0.3) is 0 Å². The van der Waals surface area contributed by atoms with Gasteiger partial charge in [0.05, 0.1) is 19.1 Å².